The number of carbonyl (C=O) groups excluding carboxylic acids is 2. The first-order chi connectivity index (χ1) is 11.9. The fourth-order valence-corrected chi connectivity index (χ4v) is 2.62. The number of aromatic nitrogens is 1. The molecule has 0 atom stereocenters. The van der Waals surface area contributed by atoms with Crippen molar-refractivity contribution in [3.63, 3.8) is 0 Å². The molecule has 7 nitrogen and oxygen atoms in total. The van der Waals surface area contributed by atoms with E-state index in [-0.39, 0.29) is 17.4 Å². The molecule has 0 unspecified atom stereocenters. The first-order valence-electron chi connectivity index (χ1n) is 7.51. The van der Waals surface area contributed by atoms with Gasteiger partial charge in [0.05, 0.1) is 21.7 Å². The average molecular weight is 337 g/mol. The van der Waals surface area contributed by atoms with Crippen LogP contribution in [-0.2, 0) is 0 Å². The fourth-order valence-electron chi connectivity index (χ4n) is 2.62. The normalized spacial score (nSPS) is 10.6. The molecule has 1 amide bonds. The fraction of sp³-hybridized carbons (Fsp3) is 0.111. The van der Waals surface area contributed by atoms with E-state index in [0.717, 1.165) is 0 Å². The maximum atomic E-state index is 12.8. The predicted octanol–water partition coefficient (Wildman–Crippen LogP) is 2.78. The summed E-state index contributed by atoms with van der Waals surface area (Å²) in [5.74, 6) is -0.514. The molecule has 25 heavy (non-hydrogen) atoms. The van der Waals surface area contributed by atoms with E-state index >= 15 is 0 Å². The van der Waals surface area contributed by atoms with Gasteiger partial charge in [0, 0.05) is 38.0 Å². The highest BCUT2D eigenvalue weighted by atomic mass is 16.6. The summed E-state index contributed by atoms with van der Waals surface area (Å²) in [6.45, 7) is 0. The number of rotatable bonds is 4. The van der Waals surface area contributed by atoms with Crippen LogP contribution in [0.5, 0.6) is 0 Å². The molecule has 0 aliphatic rings. The maximum absolute atomic E-state index is 12.8. The zero-order chi connectivity index (χ0) is 18.1. The molecule has 3 aromatic rings. The summed E-state index contributed by atoms with van der Waals surface area (Å²) in [6, 6.07) is 12.3. The monoisotopic (exact) mass is 337 g/mol. The number of carbonyl (C=O) groups is 2. The first kappa shape index (κ1) is 16.4. The second-order valence-corrected chi connectivity index (χ2v) is 5.73. The standard InChI is InChI=1S/C18H15N3O4/c1-19(2)18(23)14-11-16(20-10-4-3-5-15(14)20)17(22)12-6-8-13(9-7-12)21(24)25/h3-11H,1-2H3. The van der Waals surface area contributed by atoms with Crippen LogP contribution in [0.15, 0.2) is 54.7 Å². The summed E-state index contributed by atoms with van der Waals surface area (Å²) in [7, 11) is 3.29. The van der Waals surface area contributed by atoms with Crippen LogP contribution in [0.1, 0.15) is 26.4 Å². The zero-order valence-corrected chi connectivity index (χ0v) is 13.7. The van der Waals surface area contributed by atoms with Gasteiger partial charge in [-0.15, -0.1) is 0 Å². The van der Waals surface area contributed by atoms with Crippen LogP contribution < -0.4 is 0 Å². The van der Waals surface area contributed by atoms with Gasteiger partial charge >= 0.3 is 0 Å². The summed E-state index contributed by atoms with van der Waals surface area (Å²) in [4.78, 5) is 36.9. The molecule has 0 bridgehead atoms. The summed E-state index contributed by atoms with van der Waals surface area (Å²) >= 11 is 0. The smallest absolute Gasteiger partial charge is 0.269 e. The lowest BCUT2D eigenvalue weighted by Gasteiger charge is -2.08. The minimum absolute atomic E-state index is 0.0833. The number of nitro groups is 1. The molecular weight excluding hydrogens is 322 g/mol. The average Bonchev–Trinajstić information content (AvgIpc) is 3.00. The number of fused-ring (bicyclic) bond motifs is 1. The Hall–Kier alpha value is -3.48. The van der Waals surface area contributed by atoms with Crippen LogP contribution in [0.2, 0.25) is 0 Å². The minimum Gasteiger partial charge on any atom is -0.345 e. The summed E-state index contributed by atoms with van der Waals surface area (Å²) in [5.41, 5.74) is 1.62. The first-order valence-corrected chi connectivity index (χ1v) is 7.51. The molecule has 3 rings (SSSR count). The van der Waals surface area contributed by atoms with Crippen molar-refractivity contribution in [3.8, 4) is 0 Å². The molecule has 0 N–H and O–H groups in total. The lowest BCUT2D eigenvalue weighted by molar-refractivity contribution is -0.384. The quantitative estimate of drug-likeness (QED) is 0.416. The van der Waals surface area contributed by atoms with Crippen LogP contribution in [-0.4, -0.2) is 40.0 Å². The van der Waals surface area contributed by atoms with Crippen molar-refractivity contribution in [3.05, 3.63) is 81.7 Å². The number of pyridine rings is 1. The molecule has 0 radical (unpaired) electrons. The number of amides is 1. The van der Waals surface area contributed by atoms with E-state index in [2.05, 4.69) is 0 Å². The molecule has 0 fully saturated rings. The van der Waals surface area contributed by atoms with E-state index in [9.17, 15) is 19.7 Å². The zero-order valence-electron chi connectivity index (χ0n) is 13.7. The third kappa shape index (κ3) is 2.87. The number of hydrogen-bond donors (Lipinski definition) is 0. The third-order valence-corrected chi connectivity index (χ3v) is 3.89. The molecule has 126 valence electrons. The number of ketones is 1. The van der Waals surface area contributed by atoms with Crippen LogP contribution in [0.4, 0.5) is 5.69 Å². The number of nitrogens with zero attached hydrogens (tertiary/aromatic N) is 3. The van der Waals surface area contributed by atoms with Crippen molar-refractivity contribution < 1.29 is 14.5 Å². The largest absolute Gasteiger partial charge is 0.345 e. The number of nitro benzene ring substituents is 1. The van der Waals surface area contributed by atoms with E-state index in [1.807, 2.05) is 0 Å². The topological polar surface area (TPSA) is 84.9 Å². The van der Waals surface area contributed by atoms with Crippen LogP contribution >= 0.6 is 0 Å². The Bertz CT molecular complexity index is 987. The molecule has 0 saturated carbocycles. The Morgan fingerprint density at radius 3 is 2.36 bits per heavy atom. The Balaban J connectivity index is 2.10. The second kappa shape index (κ2) is 6.20. The molecule has 1 aromatic carbocycles. The Morgan fingerprint density at radius 2 is 1.76 bits per heavy atom. The second-order valence-electron chi connectivity index (χ2n) is 5.73. The van der Waals surface area contributed by atoms with E-state index in [1.54, 1.807) is 49.0 Å². The van der Waals surface area contributed by atoms with Crippen molar-refractivity contribution >= 4 is 22.9 Å². The molecule has 2 aromatic heterocycles. The van der Waals surface area contributed by atoms with Gasteiger partial charge in [-0.05, 0) is 30.3 Å². The Kier molecular flexibility index (Phi) is 4.06. The van der Waals surface area contributed by atoms with Gasteiger partial charge < -0.3 is 9.30 Å². The van der Waals surface area contributed by atoms with E-state index in [4.69, 9.17) is 0 Å². The molecule has 2 heterocycles. The molecule has 0 aliphatic carbocycles. The minimum atomic E-state index is -0.519. The van der Waals surface area contributed by atoms with E-state index < -0.39 is 4.92 Å². The SMILES string of the molecule is CN(C)C(=O)c1cc(C(=O)c2ccc([N+](=O)[O-])cc2)n2ccccc12. The maximum Gasteiger partial charge on any atom is 0.269 e. The van der Waals surface area contributed by atoms with Crippen molar-refractivity contribution in [1.82, 2.24) is 9.30 Å². The van der Waals surface area contributed by atoms with Crippen LogP contribution in [0.25, 0.3) is 5.52 Å². The molecule has 0 spiro atoms. The van der Waals surface area contributed by atoms with Gasteiger partial charge in [-0.3, -0.25) is 19.7 Å². The summed E-state index contributed by atoms with van der Waals surface area (Å²) in [6.07, 6.45) is 1.71. The molecular formula is C18H15N3O4. The van der Waals surface area contributed by atoms with Crippen molar-refractivity contribution in [2.24, 2.45) is 0 Å². The van der Waals surface area contributed by atoms with Gasteiger partial charge in [-0.2, -0.15) is 0 Å². The van der Waals surface area contributed by atoms with Crippen molar-refractivity contribution in [1.29, 1.82) is 0 Å². The van der Waals surface area contributed by atoms with Gasteiger partial charge in [0.25, 0.3) is 11.6 Å². The van der Waals surface area contributed by atoms with E-state index in [0.29, 0.717) is 22.3 Å². The lowest BCUT2D eigenvalue weighted by atomic mass is 10.1. The van der Waals surface area contributed by atoms with Crippen molar-refractivity contribution in [2.45, 2.75) is 0 Å². The lowest BCUT2D eigenvalue weighted by Crippen LogP contribution is -2.21. The van der Waals surface area contributed by atoms with Crippen LogP contribution in [0.3, 0.4) is 0 Å². The molecule has 7 heteroatoms. The number of non-ortho nitro benzene ring substituents is 1. The highest BCUT2D eigenvalue weighted by Gasteiger charge is 2.21. The molecule has 0 saturated heterocycles. The Labute approximate surface area is 143 Å². The van der Waals surface area contributed by atoms with E-state index in [1.165, 1.54) is 29.2 Å². The predicted molar refractivity (Wildman–Crippen MR) is 91.9 cm³/mol. The van der Waals surface area contributed by atoms with Gasteiger partial charge in [-0.1, -0.05) is 6.07 Å². The summed E-state index contributed by atoms with van der Waals surface area (Å²) in [5, 5.41) is 10.7. The highest BCUT2D eigenvalue weighted by molar-refractivity contribution is 6.12. The number of benzene rings is 1. The van der Waals surface area contributed by atoms with Crippen LogP contribution in [0, 0.1) is 10.1 Å². The van der Waals surface area contributed by atoms with Crippen molar-refractivity contribution in [2.75, 3.05) is 14.1 Å². The van der Waals surface area contributed by atoms with Gasteiger partial charge in [0.15, 0.2) is 0 Å². The third-order valence-electron chi connectivity index (χ3n) is 3.89. The highest BCUT2D eigenvalue weighted by Crippen LogP contribution is 2.22. The van der Waals surface area contributed by atoms with Gasteiger partial charge in [0.2, 0.25) is 5.78 Å². The number of hydrogen-bond acceptors (Lipinski definition) is 4. The van der Waals surface area contributed by atoms with Gasteiger partial charge in [-0.25, -0.2) is 0 Å². The van der Waals surface area contributed by atoms with Gasteiger partial charge in [0.1, 0.15) is 0 Å². The molecule has 0 aliphatic heterocycles. The Morgan fingerprint density at radius 1 is 1.08 bits per heavy atom. The summed E-state index contributed by atoms with van der Waals surface area (Å²) < 4.78 is 1.65.